The molecular weight excluding hydrogens is 336 g/mol. The van der Waals surface area contributed by atoms with Crippen LogP contribution in [0.2, 0.25) is 0 Å². The van der Waals surface area contributed by atoms with E-state index in [0.717, 1.165) is 5.92 Å². The van der Waals surface area contributed by atoms with Gasteiger partial charge in [-0.15, -0.1) is 0 Å². The van der Waals surface area contributed by atoms with Gasteiger partial charge < -0.3 is 0 Å². The van der Waals surface area contributed by atoms with Gasteiger partial charge in [-0.1, -0.05) is 81.8 Å². The average molecular weight is 379 g/mol. The van der Waals surface area contributed by atoms with Gasteiger partial charge in [-0.25, -0.2) is 0 Å². The maximum absolute atomic E-state index is 2.39. The van der Waals surface area contributed by atoms with E-state index in [1.165, 1.54) is 97.6 Å². The van der Waals surface area contributed by atoms with Crippen molar-refractivity contribution in [2.24, 2.45) is 5.92 Å². The second-order valence-corrected chi connectivity index (χ2v) is 8.98. The minimum Gasteiger partial charge on any atom is -0.0654 e. The lowest BCUT2D eigenvalue weighted by Gasteiger charge is -2.17. The summed E-state index contributed by atoms with van der Waals surface area (Å²) in [7, 11) is 0. The molecule has 0 amide bonds. The van der Waals surface area contributed by atoms with Gasteiger partial charge in [0.15, 0.2) is 0 Å². The standard InChI is InChI=1S/C28H42/c1-6-7-8-11-26(12-9-14-27-18-16-22(2)24(4)20-27)13-10-15-28-19-17-23(3)25(5)21-28/h16-21,26H,6-15H2,1-5H3. The molecule has 0 aromatic heterocycles. The molecule has 0 radical (unpaired) electrons. The van der Waals surface area contributed by atoms with Gasteiger partial charge in [0.1, 0.15) is 0 Å². The van der Waals surface area contributed by atoms with Crippen LogP contribution < -0.4 is 0 Å². The first-order valence-electron chi connectivity index (χ1n) is 11.6. The summed E-state index contributed by atoms with van der Waals surface area (Å²) in [6, 6.07) is 14.0. The van der Waals surface area contributed by atoms with Crippen molar-refractivity contribution in [3.05, 3.63) is 69.8 Å². The summed E-state index contributed by atoms with van der Waals surface area (Å²) in [5.74, 6) is 0.907. The van der Waals surface area contributed by atoms with Gasteiger partial charge in [-0.05, 0) is 92.7 Å². The highest BCUT2D eigenvalue weighted by atomic mass is 14.2. The molecule has 0 bridgehead atoms. The van der Waals surface area contributed by atoms with Gasteiger partial charge in [0, 0.05) is 0 Å². The van der Waals surface area contributed by atoms with Crippen LogP contribution >= 0.6 is 0 Å². The van der Waals surface area contributed by atoms with Crippen molar-refractivity contribution in [1.82, 2.24) is 0 Å². The molecule has 0 saturated carbocycles. The van der Waals surface area contributed by atoms with Crippen molar-refractivity contribution in [2.75, 3.05) is 0 Å². The summed E-state index contributed by atoms with van der Waals surface area (Å²) in [6.07, 6.45) is 13.5. The highest BCUT2D eigenvalue weighted by molar-refractivity contribution is 5.30. The van der Waals surface area contributed by atoms with Crippen molar-refractivity contribution in [3.63, 3.8) is 0 Å². The quantitative estimate of drug-likeness (QED) is 0.325. The second kappa shape index (κ2) is 12.1. The number of aryl methyl sites for hydroxylation is 6. The maximum atomic E-state index is 2.39. The molecule has 0 aliphatic rings. The van der Waals surface area contributed by atoms with Crippen LogP contribution in [0.25, 0.3) is 0 Å². The zero-order valence-corrected chi connectivity index (χ0v) is 19.1. The van der Waals surface area contributed by atoms with Gasteiger partial charge in [-0.3, -0.25) is 0 Å². The van der Waals surface area contributed by atoms with Crippen LogP contribution in [0.1, 0.15) is 91.7 Å². The Labute approximate surface area is 174 Å². The molecule has 2 aromatic carbocycles. The van der Waals surface area contributed by atoms with Crippen LogP contribution in [0.4, 0.5) is 0 Å². The molecular formula is C28H42. The van der Waals surface area contributed by atoms with Crippen LogP contribution in [0.15, 0.2) is 36.4 Å². The highest BCUT2D eigenvalue weighted by Gasteiger charge is 2.09. The molecule has 0 aliphatic carbocycles. The van der Waals surface area contributed by atoms with Crippen molar-refractivity contribution >= 4 is 0 Å². The molecule has 0 aliphatic heterocycles. The predicted octanol–water partition coefficient (Wildman–Crippen LogP) is 8.46. The van der Waals surface area contributed by atoms with E-state index in [9.17, 15) is 0 Å². The van der Waals surface area contributed by atoms with E-state index in [2.05, 4.69) is 71.0 Å². The van der Waals surface area contributed by atoms with E-state index in [4.69, 9.17) is 0 Å². The van der Waals surface area contributed by atoms with Gasteiger partial charge in [0.2, 0.25) is 0 Å². The third-order valence-corrected chi connectivity index (χ3v) is 6.51. The minimum atomic E-state index is 0.907. The predicted molar refractivity (Wildman–Crippen MR) is 125 cm³/mol. The molecule has 154 valence electrons. The molecule has 0 atom stereocenters. The van der Waals surface area contributed by atoms with E-state index in [-0.39, 0.29) is 0 Å². The molecule has 0 heteroatoms. The summed E-state index contributed by atoms with van der Waals surface area (Å²) in [6.45, 7) is 11.2. The summed E-state index contributed by atoms with van der Waals surface area (Å²) in [5.41, 5.74) is 8.73. The lowest BCUT2D eigenvalue weighted by molar-refractivity contribution is 0.382. The van der Waals surface area contributed by atoms with E-state index < -0.39 is 0 Å². The Morgan fingerprint density at radius 1 is 0.571 bits per heavy atom. The zero-order valence-electron chi connectivity index (χ0n) is 19.1. The number of rotatable bonds is 12. The molecule has 0 unspecified atom stereocenters. The Balaban J connectivity index is 1.80. The van der Waals surface area contributed by atoms with E-state index in [0.29, 0.717) is 0 Å². The van der Waals surface area contributed by atoms with Crippen LogP contribution in [-0.2, 0) is 12.8 Å². The molecule has 0 N–H and O–H groups in total. The fraction of sp³-hybridized carbons (Fsp3) is 0.571. The minimum absolute atomic E-state index is 0.907. The third-order valence-electron chi connectivity index (χ3n) is 6.51. The second-order valence-electron chi connectivity index (χ2n) is 8.98. The SMILES string of the molecule is CCCCCC(CCCc1ccc(C)c(C)c1)CCCc1ccc(C)c(C)c1. The molecule has 0 spiro atoms. The molecule has 0 fully saturated rings. The Morgan fingerprint density at radius 2 is 1.04 bits per heavy atom. The molecule has 0 heterocycles. The van der Waals surface area contributed by atoms with Gasteiger partial charge >= 0.3 is 0 Å². The van der Waals surface area contributed by atoms with Crippen molar-refractivity contribution in [1.29, 1.82) is 0 Å². The third kappa shape index (κ3) is 7.82. The number of unbranched alkanes of at least 4 members (excludes halogenated alkanes) is 2. The number of benzene rings is 2. The first kappa shape index (κ1) is 22.7. The zero-order chi connectivity index (χ0) is 20.4. The topological polar surface area (TPSA) is 0 Å². The largest absolute Gasteiger partial charge is 0.0654 e. The van der Waals surface area contributed by atoms with Crippen LogP contribution in [-0.4, -0.2) is 0 Å². The normalized spacial score (nSPS) is 11.4. The monoisotopic (exact) mass is 378 g/mol. The first-order valence-corrected chi connectivity index (χ1v) is 11.6. The molecule has 2 aromatic rings. The molecule has 2 rings (SSSR count). The fourth-order valence-electron chi connectivity index (χ4n) is 4.22. The number of hydrogen-bond donors (Lipinski definition) is 0. The molecule has 28 heavy (non-hydrogen) atoms. The number of hydrogen-bond acceptors (Lipinski definition) is 0. The van der Waals surface area contributed by atoms with Gasteiger partial charge in [0.25, 0.3) is 0 Å². The lowest BCUT2D eigenvalue weighted by atomic mass is 9.89. The average Bonchev–Trinajstić information content (AvgIpc) is 2.67. The van der Waals surface area contributed by atoms with Crippen LogP contribution in [0.5, 0.6) is 0 Å². The van der Waals surface area contributed by atoms with E-state index in [1.807, 2.05) is 0 Å². The summed E-state index contributed by atoms with van der Waals surface area (Å²) in [5, 5.41) is 0. The van der Waals surface area contributed by atoms with Crippen molar-refractivity contribution in [3.8, 4) is 0 Å². The summed E-state index contributed by atoms with van der Waals surface area (Å²) >= 11 is 0. The van der Waals surface area contributed by atoms with Gasteiger partial charge in [-0.2, -0.15) is 0 Å². The highest BCUT2D eigenvalue weighted by Crippen LogP contribution is 2.24. The lowest BCUT2D eigenvalue weighted by Crippen LogP contribution is -2.03. The van der Waals surface area contributed by atoms with Crippen molar-refractivity contribution < 1.29 is 0 Å². The fourth-order valence-corrected chi connectivity index (χ4v) is 4.22. The Hall–Kier alpha value is -1.56. The summed E-state index contributed by atoms with van der Waals surface area (Å²) in [4.78, 5) is 0. The Kier molecular flexibility index (Phi) is 9.82. The molecule has 0 nitrogen and oxygen atoms in total. The van der Waals surface area contributed by atoms with Gasteiger partial charge in [0.05, 0.1) is 0 Å². The van der Waals surface area contributed by atoms with E-state index >= 15 is 0 Å². The smallest absolute Gasteiger partial charge is 0.0279 e. The Morgan fingerprint density at radius 3 is 1.46 bits per heavy atom. The molecule has 0 saturated heterocycles. The van der Waals surface area contributed by atoms with E-state index in [1.54, 1.807) is 0 Å². The first-order chi connectivity index (χ1) is 13.5. The van der Waals surface area contributed by atoms with Crippen LogP contribution in [0.3, 0.4) is 0 Å². The maximum Gasteiger partial charge on any atom is -0.0279 e. The van der Waals surface area contributed by atoms with Crippen molar-refractivity contribution in [2.45, 2.75) is 98.8 Å². The Bertz CT molecular complexity index is 652. The van der Waals surface area contributed by atoms with Crippen LogP contribution in [0, 0.1) is 33.6 Å². The summed E-state index contributed by atoms with van der Waals surface area (Å²) < 4.78 is 0.